The fourth-order valence-corrected chi connectivity index (χ4v) is 3.73. The van der Waals surface area contributed by atoms with Crippen LogP contribution in [0, 0.1) is 12.8 Å². The third kappa shape index (κ3) is 1.74. The average Bonchev–Trinajstić information content (AvgIpc) is 2.99. The SMILES string of the molecule is Cc1c[nH]c2nnc3[nH]c(=O)n(C4CCCCC4C)c3c12. The van der Waals surface area contributed by atoms with E-state index in [1.54, 1.807) is 0 Å². The summed E-state index contributed by atoms with van der Waals surface area (Å²) in [5.41, 5.74) is 3.28. The molecular weight excluding hydrogens is 266 g/mol. The fraction of sp³-hybridized carbons (Fsp3) is 0.533. The maximum atomic E-state index is 12.5. The van der Waals surface area contributed by atoms with E-state index in [4.69, 9.17) is 0 Å². The molecule has 1 fully saturated rings. The Balaban J connectivity index is 2.07. The molecule has 0 radical (unpaired) electrons. The van der Waals surface area contributed by atoms with E-state index < -0.39 is 0 Å². The van der Waals surface area contributed by atoms with Gasteiger partial charge in [0.2, 0.25) is 0 Å². The number of imidazole rings is 1. The van der Waals surface area contributed by atoms with Crippen LogP contribution in [-0.4, -0.2) is 24.7 Å². The van der Waals surface area contributed by atoms with Gasteiger partial charge in [-0.3, -0.25) is 9.55 Å². The summed E-state index contributed by atoms with van der Waals surface area (Å²) in [6.45, 7) is 4.27. The van der Waals surface area contributed by atoms with Crippen molar-refractivity contribution in [2.75, 3.05) is 0 Å². The number of aromatic nitrogens is 5. The molecule has 1 aliphatic rings. The lowest BCUT2D eigenvalue weighted by molar-refractivity contribution is 0.258. The Morgan fingerprint density at radius 3 is 2.81 bits per heavy atom. The molecule has 0 amide bonds. The topological polar surface area (TPSA) is 79.4 Å². The number of H-pyrrole nitrogens is 2. The lowest BCUT2D eigenvalue weighted by Gasteiger charge is -2.29. The summed E-state index contributed by atoms with van der Waals surface area (Å²) in [5, 5.41) is 9.34. The molecule has 2 N–H and O–H groups in total. The summed E-state index contributed by atoms with van der Waals surface area (Å²) in [6, 6.07) is 0.252. The molecule has 3 heterocycles. The molecule has 0 aromatic carbocycles. The van der Waals surface area contributed by atoms with Crippen LogP contribution in [0.25, 0.3) is 22.2 Å². The number of rotatable bonds is 1. The Kier molecular flexibility index (Phi) is 2.67. The standard InChI is InChI=1S/C15H19N5O/c1-8-5-3-4-6-10(8)20-12-11-9(2)7-16-13(11)18-19-14(12)17-15(20)21/h7-8,10H,3-6H2,1-2H3,(H,16,18)(H,17,19,21). The van der Waals surface area contributed by atoms with E-state index in [2.05, 4.69) is 27.1 Å². The molecule has 0 aliphatic heterocycles. The molecule has 21 heavy (non-hydrogen) atoms. The van der Waals surface area contributed by atoms with Crippen LogP contribution < -0.4 is 5.69 Å². The largest absolute Gasteiger partial charge is 0.344 e. The second kappa shape index (κ2) is 4.44. The molecule has 3 aromatic rings. The van der Waals surface area contributed by atoms with Gasteiger partial charge in [0.05, 0.1) is 5.39 Å². The van der Waals surface area contributed by atoms with Crippen molar-refractivity contribution in [3.63, 3.8) is 0 Å². The van der Waals surface area contributed by atoms with Crippen molar-refractivity contribution in [1.82, 2.24) is 24.7 Å². The van der Waals surface area contributed by atoms with Gasteiger partial charge in [-0.15, -0.1) is 10.2 Å². The number of hydrogen-bond acceptors (Lipinski definition) is 3. The van der Waals surface area contributed by atoms with Crippen LogP contribution in [-0.2, 0) is 0 Å². The molecule has 1 saturated carbocycles. The zero-order valence-corrected chi connectivity index (χ0v) is 12.3. The molecule has 0 saturated heterocycles. The highest BCUT2D eigenvalue weighted by molar-refractivity contribution is 6.01. The normalized spacial score (nSPS) is 23.1. The monoisotopic (exact) mass is 285 g/mol. The second-order valence-corrected chi connectivity index (χ2v) is 6.22. The van der Waals surface area contributed by atoms with Gasteiger partial charge in [-0.2, -0.15) is 0 Å². The van der Waals surface area contributed by atoms with E-state index in [1.807, 2.05) is 17.7 Å². The maximum Gasteiger partial charge on any atom is 0.328 e. The first kappa shape index (κ1) is 12.6. The van der Waals surface area contributed by atoms with E-state index in [0.717, 1.165) is 28.5 Å². The summed E-state index contributed by atoms with van der Waals surface area (Å²) in [5.74, 6) is 0.512. The van der Waals surface area contributed by atoms with Gasteiger partial charge in [-0.05, 0) is 31.2 Å². The van der Waals surface area contributed by atoms with Crippen LogP contribution >= 0.6 is 0 Å². The van der Waals surface area contributed by atoms with Gasteiger partial charge in [-0.1, -0.05) is 19.8 Å². The van der Waals surface area contributed by atoms with Gasteiger partial charge < -0.3 is 4.98 Å². The van der Waals surface area contributed by atoms with Crippen LogP contribution in [0.5, 0.6) is 0 Å². The quantitative estimate of drug-likeness (QED) is 0.721. The van der Waals surface area contributed by atoms with Crippen molar-refractivity contribution in [1.29, 1.82) is 0 Å². The molecule has 110 valence electrons. The predicted octanol–water partition coefficient (Wildman–Crippen LogP) is 2.66. The number of aryl methyl sites for hydroxylation is 1. The third-order valence-corrected chi connectivity index (χ3v) is 4.85. The lowest BCUT2D eigenvalue weighted by atomic mass is 9.85. The molecule has 0 bridgehead atoms. The lowest BCUT2D eigenvalue weighted by Crippen LogP contribution is -2.29. The van der Waals surface area contributed by atoms with Crippen molar-refractivity contribution in [3.8, 4) is 0 Å². The highest BCUT2D eigenvalue weighted by Gasteiger charge is 2.27. The molecule has 2 atom stereocenters. The van der Waals surface area contributed by atoms with Crippen LogP contribution in [0.3, 0.4) is 0 Å². The smallest absolute Gasteiger partial charge is 0.328 e. The first-order chi connectivity index (χ1) is 10.2. The van der Waals surface area contributed by atoms with Crippen LogP contribution in [0.4, 0.5) is 0 Å². The van der Waals surface area contributed by atoms with Crippen molar-refractivity contribution >= 4 is 22.2 Å². The molecular formula is C15H19N5O. The molecule has 0 spiro atoms. The zero-order valence-electron chi connectivity index (χ0n) is 12.3. The summed E-state index contributed by atoms with van der Waals surface area (Å²) in [6.07, 6.45) is 6.60. The Labute approximate surface area is 121 Å². The average molecular weight is 285 g/mol. The number of aromatic amines is 2. The van der Waals surface area contributed by atoms with E-state index in [-0.39, 0.29) is 11.7 Å². The summed E-state index contributed by atoms with van der Waals surface area (Å²) < 4.78 is 1.93. The van der Waals surface area contributed by atoms with E-state index in [0.29, 0.717) is 11.6 Å². The molecule has 2 unspecified atom stereocenters. The van der Waals surface area contributed by atoms with E-state index >= 15 is 0 Å². The Morgan fingerprint density at radius 2 is 2.00 bits per heavy atom. The van der Waals surface area contributed by atoms with Gasteiger partial charge in [0, 0.05) is 12.2 Å². The van der Waals surface area contributed by atoms with Crippen molar-refractivity contribution in [2.24, 2.45) is 5.92 Å². The molecule has 1 aliphatic carbocycles. The highest BCUT2D eigenvalue weighted by Crippen LogP contribution is 2.35. The molecule has 6 nitrogen and oxygen atoms in total. The Hall–Kier alpha value is -2.11. The number of hydrogen-bond donors (Lipinski definition) is 2. The van der Waals surface area contributed by atoms with Crippen LogP contribution in [0.15, 0.2) is 11.0 Å². The van der Waals surface area contributed by atoms with Crippen molar-refractivity contribution in [3.05, 3.63) is 22.2 Å². The first-order valence-corrected chi connectivity index (χ1v) is 7.61. The van der Waals surface area contributed by atoms with Gasteiger partial charge in [-0.25, -0.2) is 4.79 Å². The van der Waals surface area contributed by atoms with E-state index in [1.165, 1.54) is 19.3 Å². The molecule has 4 rings (SSSR count). The van der Waals surface area contributed by atoms with Crippen molar-refractivity contribution in [2.45, 2.75) is 45.6 Å². The number of fused-ring (bicyclic) bond motifs is 3. The van der Waals surface area contributed by atoms with Crippen molar-refractivity contribution < 1.29 is 0 Å². The van der Waals surface area contributed by atoms with Crippen LogP contribution in [0.2, 0.25) is 0 Å². The van der Waals surface area contributed by atoms with Gasteiger partial charge in [0.25, 0.3) is 0 Å². The summed E-state index contributed by atoms with van der Waals surface area (Å²) in [4.78, 5) is 18.5. The minimum Gasteiger partial charge on any atom is -0.344 e. The van der Waals surface area contributed by atoms with E-state index in [9.17, 15) is 4.79 Å². The second-order valence-electron chi connectivity index (χ2n) is 6.22. The Bertz CT molecular complexity index is 871. The summed E-state index contributed by atoms with van der Waals surface area (Å²) in [7, 11) is 0. The first-order valence-electron chi connectivity index (χ1n) is 7.61. The maximum absolute atomic E-state index is 12.5. The van der Waals surface area contributed by atoms with Gasteiger partial charge in [0.15, 0.2) is 11.3 Å². The van der Waals surface area contributed by atoms with Crippen LogP contribution in [0.1, 0.15) is 44.2 Å². The minimum absolute atomic E-state index is 0.0637. The van der Waals surface area contributed by atoms with Gasteiger partial charge in [0.1, 0.15) is 5.52 Å². The zero-order chi connectivity index (χ0) is 14.6. The highest BCUT2D eigenvalue weighted by atomic mass is 16.1. The molecule has 3 aromatic heterocycles. The third-order valence-electron chi connectivity index (χ3n) is 4.85. The Morgan fingerprint density at radius 1 is 1.24 bits per heavy atom. The number of nitrogens with zero attached hydrogens (tertiary/aromatic N) is 3. The van der Waals surface area contributed by atoms with Gasteiger partial charge >= 0.3 is 5.69 Å². The minimum atomic E-state index is -0.0637. The fourth-order valence-electron chi connectivity index (χ4n) is 3.73. The molecule has 6 heteroatoms. The summed E-state index contributed by atoms with van der Waals surface area (Å²) >= 11 is 0. The number of nitrogens with one attached hydrogen (secondary N) is 2. The predicted molar refractivity (Wildman–Crippen MR) is 81.4 cm³/mol.